The lowest BCUT2D eigenvalue weighted by molar-refractivity contribution is -0.137. The van der Waals surface area contributed by atoms with Crippen LogP contribution in [-0.2, 0) is 22.2 Å². The molecule has 1 aromatic rings. The predicted molar refractivity (Wildman–Crippen MR) is 81.5 cm³/mol. The summed E-state index contributed by atoms with van der Waals surface area (Å²) in [5.74, 6) is 0. The van der Waals surface area contributed by atoms with Gasteiger partial charge in [-0.25, -0.2) is 4.79 Å². The second-order valence-corrected chi connectivity index (χ2v) is 5.78. The molecule has 0 radical (unpaired) electrons. The van der Waals surface area contributed by atoms with E-state index in [0.717, 1.165) is 12.1 Å². The van der Waals surface area contributed by atoms with Crippen molar-refractivity contribution in [2.75, 3.05) is 26.8 Å². The largest absolute Gasteiger partial charge is 0.416 e. The number of nitrogens with zero attached hydrogens (tertiary/aromatic N) is 1. The Kier molecular flexibility index (Phi) is 6.06. The highest BCUT2D eigenvalue weighted by Crippen LogP contribution is 2.29. The molecule has 5 nitrogen and oxygen atoms in total. The molecule has 0 unspecified atom stereocenters. The van der Waals surface area contributed by atoms with E-state index >= 15 is 0 Å². The van der Waals surface area contributed by atoms with Gasteiger partial charge in [0.2, 0.25) is 0 Å². The Bertz CT molecular complexity index is 548. The number of alkyl halides is 3. The van der Waals surface area contributed by atoms with Gasteiger partial charge in [0.15, 0.2) is 0 Å². The van der Waals surface area contributed by atoms with Crippen LogP contribution in [0.2, 0.25) is 0 Å². The lowest BCUT2D eigenvalue weighted by atomic mass is 10.1. The van der Waals surface area contributed by atoms with E-state index in [4.69, 9.17) is 9.47 Å². The Morgan fingerprint density at radius 3 is 2.58 bits per heavy atom. The topological polar surface area (TPSA) is 50.8 Å². The quantitative estimate of drug-likeness (QED) is 0.912. The monoisotopic (exact) mass is 346 g/mol. The summed E-state index contributed by atoms with van der Waals surface area (Å²) in [7, 11) is 1.57. The Balaban J connectivity index is 1.88. The van der Waals surface area contributed by atoms with Crippen LogP contribution in [0, 0.1) is 0 Å². The number of carbonyl (C=O) groups excluding carboxylic acids is 1. The van der Waals surface area contributed by atoms with Gasteiger partial charge in [-0.2, -0.15) is 13.2 Å². The van der Waals surface area contributed by atoms with E-state index in [-0.39, 0.29) is 24.8 Å². The second kappa shape index (κ2) is 7.85. The zero-order valence-electron chi connectivity index (χ0n) is 13.6. The Labute approximate surface area is 138 Å². The first kappa shape index (κ1) is 18.5. The van der Waals surface area contributed by atoms with Gasteiger partial charge < -0.3 is 19.7 Å². The number of hydrogen-bond acceptors (Lipinski definition) is 3. The van der Waals surface area contributed by atoms with E-state index in [2.05, 4.69) is 5.32 Å². The Morgan fingerprint density at radius 2 is 2.00 bits per heavy atom. The third kappa shape index (κ3) is 5.10. The van der Waals surface area contributed by atoms with Gasteiger partial charge in [0.25, 0.3) is 0 Å². The predicted octanol–water partition coefficient (Wildman–Crippen LogP) is 2.65. The van der Waals surface area contributed by atoms with Gasteiger partial charge in [0, 0.05) is 20.2 Å². The average Bonchev–Trinajstić information content (AvgIpc) is 2.52. The van der Waals surface area contributed by atoms with Crippen LogP contribution in [0.1, 0.15) is 18.1 Å². The number of urea groups is 1. The first-order valence-corrected chi connectivity index (χ1v) is 7.63. The minimum absolute atomic E-state index is 0.101. The molecule has 1 fully saturated rings. The van der Waals surface area contributed by atoms with Crippen LogP contribution in [-0.4, -0.2) is 49.9 Å². The third-order valence-electron chi connectivity index (χ3n) is 3.69. The average molecular weight is 346 g/mol. The first-order chi connectivity index (χ1) is 11.3. The Morgan fingerprint density at radius 1 is 1.33 bits per heavy atom. The molecule has 2 rings (SSSR count). The van der Waals surface area contributed by atoms with Crippen molar-refractivity contribution in [3.63, 3.8) is 0 Å². The number of amides is 2. The highest BCUT2D eigenvalue weighted by Gasteiger charge is 2.30. The fraction of sp³-hybridized carbons (Fsp3) is 0.562. The van der Waals surface area contributed by atoms with Crippen molar-refractivity contribution < 1.29 is 27.4 Å². The molecule has 1 aromatic carbocycles. The molecule has 134 valence electrons. The molecule has 1 aliphatic rings. The van der Waals surface area contributed by atoms with Crippen molar-refractivity contribution in [3.05, 3.63) is 35.4 Å². The molecule has 0 spiro atoms. The van der Waals surface area contributed by atoms with Crippen molar-refractivity contribution in [2.45, 2.75) is 31.9 Å². The molecule has 24 heavy (non-hydrogen) atoms. The minimum Gasteiger partial charge on any atom is -0.382 e. The van der Waals surface area contributed by atoms with Crippen LogP contribution in [0.3, 0.4) is 0 Å². The van der Waals surface area contributed by atoms with E-state index in [1.54, 1.807) is 12.0 Å². The van der Waals surface area contributed by atoms with Crippen molar-refractivity contribution >= 4 is 6.03 Å². The van der Waals surface area contributed by atoms with Crippen molar-refractivity contribution in [1.29, 1.82) is 0 Å². The van der Waals surface area contributed by atoms with Crippen LogP contribution in [0.25, 0.3) is 0 Å². The zero-order valence-corrected chi connectivity index (χ0v) is 13.6. The second-order valence-electron chi connectivity index (χ2n) is 5.78. The highest BCUT2D eigenvalue weighted by atomic mass is 19.4. The van der Waals surface area contributed by atoms with Crippen molar-refractivity contribution in [1.82, 2.24) is 10.2 Å². The SMILES string of the molecule is COC[C@@H]1CN(C(=O)NCc2ccc(C(F)(F)F)cc2)C[C@H](C)O1. The van der Waals surface area contributed by atoms with Gasteiger partial charge >= 0.3 is 12.2 Å². The van der Waals surface area contributed by atoms with Crippen molar-refractivity contribution in [3.8, 4) is 0 Å². The molecule has 1 N–H and O–H groups in total. The fourth-order valence-electron chi connectivity index (χ4n) is 2.59. The minimum atomic E-state index is -4.36. The summed E-state index contributed by atoms with van der Waals surface area (Å²) in [6.07, 6.45) is -4.64. The summed E-state index contributed by atoms with van der Waals surface area (Å²) >= 11 is 0. The normalized spacial score (nSPS) is 21.6. The lowest BCUT2D eigenvalue weighted by Crippen LogP contribution is -2.53. The molecule has 1 heterocycles. The summed E-state index contributed by atoms with van der Waals surface area (Å²) in [5.41, 5.74) is -0.104. The number of hydrogen-bond donors (Lipinski definition) is 1. The highest BCUT2D eigenvalue weighted by molar-refractivity contribution is 5.74. The lowest BCUT2D eigenvalue weighted by Gasteiger charge is -2.36. The first-order valence-electron chi connectivity index (χ1n) is 7.63. The molecule has 0 aromatic heterocycles. The van der Waals surface area contributed by atoms with Gasteiger partial charge in [0.1, 0.15) is 0 Å². The number of halogens is 3. The standard InChI is InChI=1S/C16H21F3N2O3/c1-11-8-21(9-14(24-11)10-23-2)15(22)20-7-12-3-5-13(6-4-12)16(17,18)19/h3-6,11,14H,7-10H2,1-2H3,(H,20,22)/t11-,14-/m0/s1. The van der Waals surface area contributed by atoms with E-state index in [1.165, 1.54) is 12.1 Å². The summed E-state index contributed by atoms with van der Waals surface area (Å²) < 4.78 is 48.3. The van der Waals surface area contributed by atoms with E-state index in [0.29, 0.717) is 25.3 Å². The molecule has 8 heteroatoms. The van der Waals surface area contributed by atoms with Gasteiger partial charge in [-0.15, -0.1) is 0 Å². The molecule has 0 aliphatic carbocycles. The molecule has 2 amide bonds. The van der Waals surface area contributed by atoms with Gasteiger partial charge in [-0.05, 0) is 24.6 Å². The maximum Gasteiger partial charge on any atom is 0.416 e. The molecule has 0 saturated carbocycles. The summed E-state index contributed by atoms with van der Waals surface area (Å²) in [4.78, 5) is 13.9. The van der Waals surface area contributed by atoms with Gasteiger partial charge in [-0.1, -0.05) is 12.1 Å². The van der Waals surface area contributed by atoms with E-state index in [9.17, 15) is 18.0 Å². The number of rotatable bonds is 4. The van der Waals surface area contributed by atoms with E-state index in [1.807, 2.05) is 6.92 Å². The number of methoxy groups -OCH3 is 1. The Hall–Kier alpha value is -1.80. The van der Waals surface area contributed by atoms with Crippen LogP contribution in [0.4, 0.5) is 18.0 Å². The number of morpholine rings is 1. The molecule has 2 atom stereocenters. The van der Waals surface area contributed by atoms with Gasteiger partial charge in [0.05, 0.1) is 30.9 Å². The number of ether oxygens (including phenoxy) is 2. The number of nitrogens with one attached hydrogen (secondary N) is 1. The van der Waals surface area contributed by atoms with Crippen molar-refractivity contribution in [2.24, 2.45) is 0 Å². The maximum atomic E-state index is 12.5. The van der Waals surface area contributed by atoms with E-state index < -0.39 is 11.7 Å². The summed E-state index contributed by atoms with van der Waals surface area (Å²) in [6, 6.07) is 4.46. The van der Waals surface area contributed by atoms with Crippen LogP contribution in [0.5, 0.6) is 0 Å². The summed E-state index contributed by atoms with van der Waals surface area (Å²) in [6.45, 7) is 3.30. The number of benzene rings is 1. The third-order valence-corrected chi connectivity index (χ3v) is 3.69. The molecule has 0 bridgehead atoms. The molecular weight excluding hydrogens is 325 g/mol. The zero-order chi connectivity index (χ0) is 17.7. The summed E-state index contributed by atoms with van der Waals surface area (Å²) in [5, 5.41) is 2.72. The van der Waals surface area contributed by atoms with Crippen LogP contribution in [0.15, 0.2) is 24.3 Å². The number of carbonyl (C=O) groups is 1. The van der Waals surface area contributed by atoms with Crippen LogP contribution < -0.4 is 5.32 Å². The van der Waals surface area contributed by atoms with Crippen LogP contribution >= 0.6 is 0 Å². The smallest absolute Gasteiger partial charge is 0.382 e. The molecular formula is C16H21F3N2O3. The molecule has 1 saturated heterocycles. The molecule has 1 aliphatic heterocycles. The van der Waals surface area contributed by atoms with Gasteiger partial charge in [-0.3, -0.25) is 0 Å². The maximum absolute atomic E-state index is 12.5. The fourth-order valence-corrected chi connectivity index (χ4v) is 2.59.